The van der Waals surface area contributed by atoms with Gasteiger partial charge in [0, 0.05) is 5.56 Å². The first kappa shape index (κ1) is 14.6. The fraction of sp³-hybridized carbons (Fsp3) is 0.176. The van der Waals surface area contributed by atoms with Gasteiger partial charge in [-0.1, -0.05) is 41.4 Å². The Morgan fingerprint density at radius 2 is 1.82 bits per heavy atom. The Hall–Kier alpha value is -2.33. The molecule has 3 aromatic rings. The Morgan fingerprint density at radius 1 is 1.05 bits per heavy atom. The highest BCUT2D eigenvalue weighted by Crippen LogP contribution is 2.26. The van der Waals surface area contributed by atoms with Crippen LogP contribution in [0, 0.1) is 13.8 Å². The smallest absolute Gasteiger partial charge is 0.247 e. The lowest BCUT2D eigenvalue weighted by atomic mass is 10.1. The van der Waals surface area contributed by atoms with E-state index >= 15 is 0 Å². The number of nitrogens with one attached hydrogen (secondary N) is 1. The molecule has 0 saturated carbocycles. The molecule has 0 aliphatic carbocycles. The third-order valence-electron chi connectivity index (χ3n) is 3.40. The SMILES string of the molecule is Cc1ccc(-c2nnc(CNc3c(C)cccc3Cl)o2)cc1. The van der Waals surface area contributed by atoms with Gasteiger partial charge in [0.15, 0.2) is 0 Å². The molecule has 0 unspecified atom stereocenters. The molecule has 0 fully saturated rings. The zero-order chi connectivity index (χ0) is 15.5. The Balaban J connectivity index is 1.73. The summed E-state index contributed by atoms with van der Waals surface area (Å²) in [5.41, 5.74) is 4.07. The van der Waals surface area contributed by atoms with Crippen LogP contribution in [0.4, 0.5) is 5.69 Å². The Kier molecular flexibility index (Phi) is 4.11. The number of halogens is 1. The van der Waals surface area contributed by atoms with Crippen LogP contribution in [0.3, 0.4) is 0 Å². The summed E-state index contributed by atoms with van der Waals surface area (Å²) in [6, 6.07) is 13.7. The summed E-state index contributed by atoms with van der Waals surface area (Å²) in [6.45, 7) is 4.47. The van der Waals surface area contributed by atoms with Crippen molar-refractivity contribution in [2.75, 3.05) is 5.32 Å². The molecule has 5 heteroatoms. The molecule has 0 bridgehead atoms. The predicted octanol–water partition coefficient (Wildman–Crippen LogP) is 4.62. The molecule has 22 heavy (non-hydrogen) atoms. The average Bonchev–Trinajstić information content (AvgIpc) is 2.96. The van der Waals surface area contributed by atoms with Gasteiger partial charge in [-0.2, -0.15) is 0 Å². The van der Waals surface area contributed by atoms with Gasteiger partial charge in [0.1, 0.15) is 0 Å². The summed E-state index contributed by atoms with van der Waals surface area (Å²) < 4.78 is 5.68. The van der Waals surface area contributed by atoms with Crippen LogP contribution in [0.15, 0.2) is 46.9 Å². The minimum atomic E-state index is 0.434. The summed E-state index contributed by atoms with van der Waals surface area (Å²) in [6.07, 6.45) is 0. The second-order valence-electron chi connectivity index (χ2n) is 5.15. The fourth-order valence-electron chi connectivity index (χ4n) is 2.16. The van der Waals surface area contributed by atoms with Crippen LogP contribution in [0.5, 0.6) is 0 Å². The molecule has 0 amide bonds. The van der Waals surface area contributed by atoms with Crippen LogP contribution in [0.1, 0.15) is 17.0 Å². The standard InChI is InChI=1S/C17H16ClN3O/c1-11-6-8-13(9-7-11)17-21-20-15(22-17)10-19-16-12(2)4-3-5-14(16)18/h3-9,19H,10H2,1-2H3. The minimum Gasteiger partial charge on any atom is -0.419 e. The molecule has 1 aromatic heterocycles. The molecular formula is C17H16ClN3O. The molecule has 1 N–H and O–H groups in total. The van der Waals surface area contributed by atoms with Crippen LogP contribution < -0.4 is 5.32 Å². The Labute approximate surface area is 134 Å². The number of para-hydroxylation sites is 1. The van der Waals surface area contributed by atoms with Crippen LogP contribution in [0.2, 0.25) is 5.02 Å². The molecule has 2 aromatic carbocycles. The molecule has 0 aliphatic heterocycles. The zero-order valence-electron chi connectivity index (χ0n) is 12.4. The number of aromatic nitrogens is 2. The first-order chi connectivity index (χ1) is 10.6. The Bertz CT molecular complexity index is 761. The third kappa shape index (κ3) is 3.12. The first-order valence-electron chi connectivity index (χ1n) is 7.02. The number of hydrogen-bond acceptors (Lipinski definition) is 4. The second-order valence-corrected chi connectivity index (χ2v) is 5.56. The van der Waals surface area contributed by atoms with Gasteiger partial charge in [0.2, 0.25) is 11.8 Å². The van der Waals surface area contributed by atoms with Crippen molar-refractivity contribution in [2.24, 2.45) is 0 Å². The van der Waals surface area contributed by atoms with Gasteiger partial charge < -0.3 is 9.73 Å². The van der Waals surface area contributed by atoms with Crippen molar-refractivity contribution in [1.82, 2.24) is 10.2 Å². The number of aryl methyl sites for hydroxylation is 2. The fourth-order valence-corrected chi connectivity index (χ4v) is 2.45. The summed E-state index contributed by atoms with van der Waals surface area (Å²) in [5, 5.41) is 12.1. The van der Waals surface area contributed by atoms with E-state index in [4.69, 9.17) is 16.0 Å². The van der Waals surface area contributed by atoms with E-state index in [1.165, 1.54) is 5.56 Å². The van der Waals surface area contributed by atoms with Gasteiger partial charge in [0.25, 0.3) is 0 Å². The van der Waals surface area contributed by atoms with Gasteiger partial charge in [-0.05, 0) is 37.6 Å². The highest BCUT2D eigenvalue weighted by Gasteiger charge is 2.09. The van der Waals surface area contributed by atoms with Gasteiger partial charge in [-0.15, -0.1) is 10.2 Å². The van der Waals surface area contributed by atoms with Gasteiger partial charge in [0.05, 0.1) is 17.3 Å². The monoisotopic (exact) mass is 313 g/mol. The van der Waals surface area contributed by atoms with Gasteiger partial charge in [-0.3, -0.25) is 0 Å². The molecule has 0 aliphatic rings. The highest BCUT2D eigenvalue weighted by atomic mass is 35.5. The topological polar surface area (TPSA) is 51.0 Å². The van der Waals surface area contributed by atoms with E-state index in [0.717, 1.165) is 16.8 Å². The van der Waals surface area contributed by atoms with Gasteiger partial charge >= 0.3 is 0 Å². The molecule has 0 atom stereocenters. The summed E-state index contributed by atoms with van der Waals surface area (Å²) >= 11 is 6.18. The number of benzene rings is 2. The zero-order valence-corrected chi connectivity index (χ0v) is 13.2. The Morgan fingerprint density at radius 3 is 2.55 bits per heavy atom. The summed E-state index contributed by atoms with van der Waals surface area (Å²) in [7, 11) is 0. The molecule has 3 rings (SSSR count). The molecule has 0 saturated heterocycles. The van der Waals surface area contributed by atoms with Crippen LogP contribution in [0.25, 0.3) is 11.5 Å². The van der Waals surface area contributed by atoms with Crippen molar-refractivity contribution in [3.63, 3.8) is 0 Å². The quantitative estimate of drug-likeness (QED) is 0.763. The van der Waals surface area contributed by atoms with E-state index in [0.29, 0.717) is 23.3 Å². The number of nitrogens with zero attached hydrogens (tertiary/aromatic N) is 2. The number of rotatable bonds is 4. The normalized spacial score (nSPS) is 10.7. The molecule has 1 heterocycles. The first-order valence-corrected chi connectivity index (χ1v) is 7.39. The third-order valence-corrected chi connectivity index (χ3v) is 3.72. The minimum absolute atomic E-state index is 0.434. The van der Waals surface area contributed by atoms with Crippen molar-refractivity contribution >= 4 is 17.3 Å². The molecule has 112 valence electrons. The van der Waals surface area contributed by atoms with Crippen molar-refractivity contribution in [2.45, 2.75) is 20.4 Å². The largest absolute Gasteiger partial charge is 0.419 e. The summed E-state index contributed by atoms with van der Waals surface area (Å²) in [5.74, 6) is 1.04. The number of hydrogen-bond donors (Lipinski definition) is 1. The maximum Gasteiger partial charge on any atom is 0.247 e. The lowest BCUT2D eigenvalue weighted by Gasteiger charge is -2.09. The predicted molar refractivity (Wildman–Crippen MR) is 88.0 cm³/mol. The van der Waals surface area contributed by atoms with E-state index in [9.17, 15) is 0 Å². The van der Waals surface area contributed by atoms with E-state index in [-0.39, 0.29) is 0 Å². The summed E-state index contributed by atoms with van der Waals surface area (Å²) in [4.78, 5) is 0. The highest BCUT2D eigenvalue weighted by molar-refractivity contribution is 6.33. The van der Waals surface area contributed by atoms with E-state index in [1.807, 2.05) is 56.3 Å². The second kappa shape index (κ2) is 6.20. The van der Waals surface area contributed by atoms with Gasteiger partial charge in [-0.25, -0.2) is 0 Å². The van der Waals surface area contributed by atoms with Crippen molar-refractivity contribution in [1.29, 1.82) is 0 Å². The molecule has 0 radical (unpaired) electrons. The lowest BCUT2D eigenvalue weighted by Crippen LogP contribution is -2.01. The average molecular weight is 314 g/mol. The molecule has 0 spiro atoms. The van der Waals surface area contributed by atoms with Crippen LogP contribution in [-0.4, -0.2) is 10.2 Å². The molecular weight excluding hydrogens is 298 g/mol. The van der Waals surface area contributed by atoms with Crippen LogP contribution in [-0.2, 0) is 6.54 Å². The van der Waals surface area contributed by atoms with E-state index < -0.39 is 0 Å². The van der Waals surface area contributed by atoms with Crippen molar-refractivity contribution < 1.29 is 4.42 Å². The van der Waals surface area contributed by atoms with E-state index in [1.54, 1.807) is 0 Å². The maximum absolute atomic E-state index is 6.18. The molecule has 4 nitrogen and oxygen atoms in total. The maximum atomic E-state index is 6.18. The van der Waals surface area contributed by atoms with Crippen LogP contribution >= 0.6 is 11.6 Å². The number of anilines is 1. The van der Waals surface area contributed by atoms with E-state index in [2.05, 4.69) is 15.5 Å². The van der Waals surface area contributed by atoms with Crippen molar-refractivity contribution in [3.05, 3.63) is 64.5 Å². The van der Waals surface area contributed by atoms with Crippen molar-refractivity contribution in [3.8, 4) is 11.5 Å². The lowest BCUT2D eigenvalue weighted by molar-refractivity contribution is 0.515.